The lowest BCUT2D eigenvalue weighted by Crippen LogP contribution is -2.25. The molecular weight excluding hydrogens is 1640 g/mol. The van der Waals surface area contributed by atoms with E-state index in [2.05, 4.69) is 437 Å². The fourth-order valence-corrected chi connectivity index (χ4v) is 29.2. The summed E-state index contributed by atoms with van der Waals surface area (Å²) in [5, 5.41) is 20.7. The predicted octanol–water partition coefficient (Wildman–Crippen LogP) is 36.1. The van der Waals surface area contributed by atoms with Gasteiger partial charge in [0, 0.05) is 91.8 Å². The van der Waals surface area contributed by atoms with Gasteiger partial charge in [0.2, 0.25) is 0 Å². The molecule has 0 saturated carbocycles. The fraction of sp³-hybridized carbons (Fsp3) is 0.0159. The second kappa shape index (κ2) is 27.6. The Bertz CT molecular complexity index is 9050. The van der Waals surface area contributed by atoms with Crippen LogP contribution in [0.5, 0.6) is 0 Å². The highest BCUT2D eigenvalue weighted by atomic mass is 32.1. The minimum absolute atomic E-state index is 0.431. The monoisotopic (exact) mass is 1710 g/mol. The zero-order valence-corrected chi connectivity index (χ0v) is 73.5. The minimum Gasteiger partial charge on any atom is -0.135 e. The third-order valence-electron chi connectivity index (χ3n) is 29.4. The molecule has 0 saturated heterocycles. The summed E-state index contributed by atoms with van der Waals surface area (Å²) < 4.78 is 10.6. The van der Waals surface area contributed by atoms with Gasteiger partial charge in [-0.2, -0.15) is 0 Å². The summed E-state index contributed by atoms with van der Waals surface area (Å²) in [4.78, 5) is 0. The Balaban J connectivity index is 0.000000128. The first-order valence-corrected chi connectivity index (χ1v) is 48.3. The van der Waals surface area contributed by atoms with Gasteiger partial charge in [0.1, 0.15) is 0 Å². The van der Waals surface area contributed by atoms with E-state index in [0.29, 0.717) is 0 Å². The number of rotatable bonds is 6. The van der Waals surface area contributed by atoms with Crippen LogP contribution >= 0.6 is 45.3 Å². The maximum atomic E-state index is 2.53. The van der Waals surface area contributed by atoms with Gasteiger partial charge < -0.3 is 0 Å². The molecule has 4 aliphatic rings. The molecule has 0 amide bonds. The first-order valence-electron chi connectivity index (χ1n) is 45.0. The maximum Gasteiger partial charge on any atom is 0.0725 e. The third kappa shape index (κ3) is 9.82. The molecular formula is C126H72S4. The SMILES string of the molecule is c1ccc2c(c1)-c1ccccc1C21c2ccccc2-c2c(-c3c4cccc(-c5cccc6c5sc5ccccc56)c4cc4c(-c5cccc6c5sc5ccccc56)cccc34)cccc21.c1ccc2c(c1)-c1ccccc1C21c2ccccc2-c2c(-c3c4cccc(-c5cccc6sc7ccccc7c56)c4cc4c(-c5cccc6sc7ccccc7c56)cccc34)cccc21. The lowest BCUT2D eigenvalue weighted by molar-refractivity contribution is 0.794. The van der Waals surface area contributed by atoms with Crippen LogP contribution in [0.1, 0.15) is 44.5 Å². The van der Waals surface area contributed by atoms with Gasteiger partial charge >= 0.3 is 0 Å². The van der Waals surface area contributed by atoms with Gasteiger partial charge in [-0.15, -0.1) is 45.3 Å². The Morgan fingerprint density at radius 3 is 0.708 bits per heavy atom. The van der Waals surface area contributed by atoms with Crippen LogP contribution in [0.2, 0.25) is 0 Å². The highest BCUT2D eigenvalue weighted by Gasteiger charge is 2.54. The number of fused-ring (bicyclic) bond motifs is 36. The van der Waals surface area contributed by atoms with Gasteiger partial charge in [-0.05, 0) is 236 Å². The Hall–Kier alpha value is -15.2. The van der Waals surface area contributed by atoms with Gasteiger partial charge in [0.05, 0.1) is 10.8 Å². The molecule has 2 spiro atoms. The van der Waals surface area contributed by atoms with Crippen molar-refractivity contribution in [1.29, 1.82) is 0 Å². The zero-order valence-electron chi connectivity index (χ0n) is 70.2. The second-order valence-electron chi connectivity index (χ2n) is 35.5. The standard InChI is InChI=1S/2C63H36S2/c1-6-30-53-39(16-1)40-17-2-7-31-54(40)63(53)55-32-8-3-20-49(55)60-50(29-15-33-56(60)63)59-43-23-11-21-37(45-25-13-27-47-41-18-4-9-34-57(41)64-61(45)47)51(43)36-52-38(22-12-24-44(52)59)46-26-14-28-48-42-19-5-10-35-58(42)65-62(46)48;1-6-28-51-39(16-1)40-17-2-7-29-52(40)63(51)53-30-8-3-18-45(53)60-48(27-13-31-54(60)63)59-43-23-11-21-37(41-25-14-34-57-61(41)46-19-4-9-32-55(46)64-57)49(43)36-50-38(22-12-24-44(50)59)42-26-15-35-58-62(42)47-20-5-10-33-56(47)65-58/h2*1-36H. The Morgan fingerprint density at radius 1 is 0.123 bits per heavy atom. The van der Waals surface area contributed by atoms with Crippen molar-refractivity contribution in [1.82, 2.24) is 0 Å². The molecule has 22 aromatic carbocycles. The van der Waals surface area contributed by atoms with E-state index in [1.54, 1.807) is 0 Å². The Labute approximate surface area is 766 Å². The van der Waals surface area contributed by atoms with E-state index in [1.807, 2.05) is 45.3 Å². The minimum atomic E-state index is -0.433. The highest BCUT2D eigenvalue weighted by Crippen LogP contribution is 2.68. The molecule has 4 heteroatoms. The van der Waals surface area contributed by atoms with E-state index in [4.69, 9.17) is 0 Å². The molecule has 0 unspecified atom stereocenters. The molecule has 4 aliphatic carbocycles. The molecule has 4 aromatic heterocycles. The topological polar surface area (TPSA) is 0 Å². The quantitative estimate of drug-likeness (QED) is 0.146. The number of benzene rings is 22. The van der Waals surface area contributed by atoms with Crippen LogP contribution in [0.4, 0.5) is 0 Å². The van der Waals surface area contributed by atoms with Gasteiger partial charge in [0.25, 0.3) is 0 Å². The van der Waals surface area contributed by atoms with Crippen molar-refractivity contribution in [2.75, 3.05) is 0 Å². The summed E-state index contributed by atoms with van der Waals surface area (Å²) in [5.74, 6) is 0. The molecule has 0 aliphatic heterocycles. The highest BCUT2D eigenvalue weighted by molar-refractivity contribution is 7.27. The number of hydrogen-bond donors (Lipinski definition) is 0. The van der Waals surface area contributed by atoms with Crippen molar-refractivity contribution in [2.24, 2.45) is 0 Å². The van der Waals surface area contributed by atoms with Gasteiger partial charge in [-0.1, -0.05) is 388 Å². The molecule has 0 radical (unpaired) electrons. The first-order chi connectivity index (χ1) is 64.5. The van der Waals surface area contributed by atoms with Crippen molar-refractivity contribution in [3.63, 3.8) is 0 Å². The van der Waals surface area contributed by atoms with Crippen molar-refractivity contribution in [3.05, 3.63) is 481 Å². The molecule has 0 atom stereocenters. The van der Waals surface area contributed by atoms with Crippen molar-refractivity contribution < 1.29 is 0 Å². The normalized spacial score (nSPS) is 13.4. The van der Waals surface area contributed by atoms with Crippen LogP contribution in [0.25, 0.3) is 235 Å². The molecule has 30 rings (SSSR count). The van der Waals surface area contributed by atoms with E-state index in [0.717, 1.165) is 0 Å². The van der Waals surface area contributed by atoms with E-state index >= 15 is 0 Å². The summed E-state index contributed by atoms with van der Waals surface area (Å²) in [6, 6.07) is 166. The van der Waals surface area contributed by atoms with Crippen molar-refractivity contribution >= 4 is 169 Å². The van der Waals surface area contributed by atoms with Crippen molar-refractivity contribution in [2.45, 2.75) is 10.8 Å². The summed E-state index contributed by atoms with van der Waals surface area (Å²) >= 11 is 7.59. The van der Waals surface area contributed by atoms with E-state index in [9.17, 15) is 0 Å². The smallest absolute Gasteiger partial charge is 0.0725 e. The Kier molecular flexibility index (Phi) is 15.5. The lowest BCUT2D eigenvalue weighted by Gasteiger charge is -2.30. The summed E-state index contributed by atoms with van der Waals surface area (Å²) in [5.41, 5.74) is 35.9. The number of hydrogen-bond acceptors (Lipinski definition) is 4. The van der Waals surface area contributed by atoms with Gasteiger partial charge in [-0.25, -0.2) is 0 Å². The summed E-state index contributed by atoms with van der Waals surface area (Å²) in [6.45, 7) is 0. The summed E-state index contributed by atoms with van der Waals surface area (Å²) in [7, 11) is 0. The number of thiophene rings is 4. The Morgan fingerprint density at radius 2 is 0.346 bits per heavy atom. The average Bonchev–Trinajstić information content (AvgIpc) is 1.48. The van der Waals surface area contributed by atoms with Crippen molar-refractivity contribution in [3.8, 4) is 111 Å². The van der Waals surface area contributed by atoms with Crippen LogP contribution in [0.3, 0.4) is 0 Å². The molecule has 0 nitrogen and oxygen atoms in total. The molecule has 0 bridgehead atoms. The van der Waals surface area contributed by atoms with E-state index < -0.39 is 10.8 Å². The molecule has 130 heavy (non-hydrogen) atoms. The molecule has 4 heterocycles. The maximum absolute atomic E-state index is 2.53. The molecule has 600 valence electrons. The van der Waals surface area contributed by atoms with Gasteiger partial charge in [0.15, 0.2) is 0 Å². The van der Waals surface area contributed by atoms with Crippen LogP contribution in [0, 0.1) is 0 Å². The van der Waals surface area contributed by atoms with Gasteiger partial charge in [-0.3, -0.25) is 0 Å². The van der Waals surface area contributed by atoms with Crippen LogP contribution in [-0.4, -0.2) is 0 Å². The summed E-state index contributed by atoms with van der Waals surface area (Å²) in [6.07, 6.45) is 0. The lowest BCUT2D eigenvalue weighted by atomic mass is 9.70. The fourth-order valence-electron chi connectivity index (χ4n) is 24.5. The largest absolute Gasteiger partial charge is 0.135 e. The molecule has 0 N–H and O–H groups in total. The van der Waals surface area contributed by atoms with E-state index in [1.165, 1.54) is 280 Å². The van der Waals surface area contributed by atoms with Crippen LogP contribution < -0.4 is 0 Å². The van der Waals surface area contributed by atoms with E-state index in [-0.39, 0.29) is 0 Å². The third-order valence-corrected chi connectivity index (χ3v) is 34.1. The van der Waals surface area contributed by atoms with Crippen LogP contribution in [0.15, 0.2) is 437 Å². The molecule has 26 aromatic rings. The van der Waals surface area contributed by atoms with Crippen LogP contribution in [-0.2, 0) is 10.8 Å². The second-order valence-corrected chi connectivity index (χ2v) is 39.7. The molecule has 0 fully saturated rings. The first kappa shape index (κ1) is 72.9. The average molecular weight is 1710 g/mol. The predicted molar refractivity (Wildman–Crippen MR) is 560 cm³/mol. The zero-order chi connectivity index (χ0) is 84.8.